The zero-order valence-electron chi connectivity index (χ0n) is 14.4. The molecular formula is C16H29NO3SSi. The number of nitrogens with one attached hydrogen (secondary N) is 1. The number of ketones is 1. The van der Waals surface area contributed by atoms with Gasteiger partial charge in [0, 0.05) is 13.0 Å². The van der Waals surface area contributed by atoms with Crippen molar-refractivity contribution in [3.8, 4) is 0 Å². The monoisotopic (exact) mass is 343 g/mol. The van der Waals surface area contributed by atoms with E-state index in [9.17, 15) is 9.59 Å². The maximum absolute atomic E-state index is 12.0. The molecule has 0 aromatic rings. The second-order valence-corrected chi connectivity index (χ2v) is 14.0. The van der Waals surface area contributed by atoms with Crippen LogP contribution in [0.1, 0.15) is 40.0 Å². The third-order valence-electron chi connectivity index (χ3n) is 5.29. The summed E-state index contributed by atoms with van der Waals surface area (Å²) in [6.07, 6.45) is 2.37. The van der Waals surface area contributed by atoms with Gasteiger partial charge in [-0.2, -0.15) is 0 Å². The molecule has 0 radical (unpaired) electrons. The minimum atomic E-state index is -1.76. The number of amides is 1. The topological polar surface area (TPSA) is 55.4 Å². The van der Waals surface area contributed by atoms with Crippen LogP contribution in [0.2, 0.25) is 18.1 Å². The zero-order chi connectivity index (χ0) is 16.5. The quantitative estimate of drug-likeness (QED) is 0.616. The van der Waals surface area contributed by atoms with E-state index in [0.29, 0.717) is 18.8 Å². The SMILES string of the molecule is CC(C)(C)[Si](C)(C)OCC[C@H]1C(=O)N[C@@H]1[C@H]1SCCCC1=O. The van der Waals surface area contributed by atoms with Crippen molar-refractivity contribution in [2.75, 3.05) is 12.4 Å². The van der Waals surface area contributed by atoms with Gasteiger partial charge in [-0.25, -0.2) is 0 Å². The first kappa shape index (κ1) is 18.0. The fourth-order valence-corrected chi connectivity index (χ4v) is 5.08. The normalized spacial score (nSPS) is 30.0. The number of β-lactam (4-membered cyclic amide) rings is 1. The van der Waals surface area contributed by atoms with Crippen molar-refractivity contribution in [3.05, 3.63) is 0 Å². The number of carbonyl (C=O) groups is 2. The van der Waals surface area contributed by atoms with Gasteiger partial charge in [0.25, 0.3) is 0 Å². The van der Waals surface area contributed by atoms with Gasteiger partial charge < -0.3 is 9.74 Å². The Kier molecular flexibility index (Phi) is 5.45. The lowest BCUT2D eigenvalue weighted by Crippen LogP contribution is -2.64. The molecule has 2 aliphatic rings. The van der Waals surface area contributed by atoms with Crippen LogP contribution < -0.4 is 5.32 Å². The molecule has 0 bridgehead atoms. The number of thioether (sulfide) groups is 1. The molecule has 1 amide bonds. The molecule has 2 aliphatic heterocycles. The summed E-state index contributed by atoms with van der Waals surface area (Å²) in [6.45, 7) is 11.7. The summed E-state index contributed by atoms with van der Waals surface area (Å²) in [5, 5.41) is 3.09. The molecule has 2 saturated heterocycles. The van der Waals surface area contributed by atoms with Crippen LogP contribution in [-0.4, -0.2) is 43.7 Å². The Labute approximate surface area is 139 Å². The molecular weight excluding hydrogens is 314 g/mol. The van der Waals surface area contributed by atoms with Crippen molar-refractivity contribution in [1.82, 2.24) is 5.32 Å². The second-order valence-electron chi connectivity index (χ2n) is 7.90. The molecule has 6 heteroatoms. The summed E-state index contributed by atoms with van der Waals surface area (Å²) in [7, 11) is -1.76. The first-order chi connectivity index (χ1) is 10.1. The van der Waals surface area contributed by atoms with Gasteiger partial charge in [0.1, 0.15) is 5.78 Å². The van der Waals surface area contributed by atoms with Crippen LogP contribution in [0.15, 0.2) is 0 Å². The van der Waals surface area contributed by atoms with Crippen molar-refractivity contribution < 1.29 is 14.0 Å². The van der Waals surface area contributed by atoms with Crippen molar-refractivity contribution in [2.24, 2.45) is 5.92 Å². The first-order valence-electron chi connectivity index (χ1n) is 8.22. The highest BCUT2D eigenvalue weighted by Gasteiger charge is 2.47. The molecule has 0 aliphatic carbocycles. The Hall–Kier alpha value is -0.333. The largest absolute Gasteiger partial charge is 0.417 e. The lowest BCUT2D eigenvalue weighted by molar-refractivity contribution is -0.137. The molecule has 0 spiro atoms. The molecule has 0 unspecified atom stereocenters. The minimum absolute atomic E-state index is 0.0216. The standard InChI is InChI=1S/C16H29NO3SSi/c1-16(2,3)22(4,5)20-9-8-11-13(17-15(11)19)14-12(18)7-6-10-21-14/h11,13-14H,6-10H2,1-5H3,(H,17,19)/t11-,13+,14+/m1/s1. The van der Waals surface area contributed by atoms with E-state index in [4.69, 9.17) is 4.43 Å². The Morgan fingerprint density at radius 1 is 1.32 bits per heavy atom. The number of carbonyl (C=O) groups excluding carboxylic acids is 2. The molecule has 4 nitrogen and oxygen atoms in total. The van der Waals surface area contributed by atoms with Crippen LogP contribution >= 0.6 is 11.8 Å². The molecule has 3 atom stereocenters. The van der Waals surface area contributed by atoms with Crippen LogP contribution in [0.25, 0.3) is 0 Å². The van der Waals surface area contributed by atoms with Gasteiger partial charge in [-0.3, -0.25) is 9.59 Å². The highest BCUT2D eigenvalue weighted by Crippen LogP contribution is 2.38. The molecule has 2 heterocycles. The number of Topliss-reactive ketones (excluding diaryl/α,β-unsaturated/α-hetero) is 1. The Bertz CT molecular complexity index is 447. The van der Waals surface area contributed by atoms with Crippen LogP contribution in [-0.2, 0) is 14.0 Å². The highest BCUT2D eigenvalue weighted by molar-refractivity contribution is 8.00. The lowest BCUT2D eigenvalue weighted by Gasteiger charge is -2.43. The van der Waals surface area contributed by atoms with Gasteiger partial charge in [-0.15, -0.1) is 11.8 Å². The van der Waals surface area contributed by atoms with Crippen LogP contribution in [0.5, 0.6) is 0 Å². The Morgan fingerprint density at radius 2 is 2.00 bits per heavy atom. The molecule has 126 valence electrons. The third kappa shape index (κ3) is 3.76. The zero-order valence-corrected chi connectivity index (χ0v) is 16.2. The molecule has 22 heavy (non-hydrogen) atoms. The Morgan fingerprint density at radius 3 is 2.55 bits per heavy atom. The Balaban J connectivity index is 1.86. The van der Waals surface area contributed by atoms with Crippen molar-refractivity contribution in [2.45, 2.75) is 69.5 Å². The van der Waals surface area contributed by atoms with Gasteiger partial charge in [-0.1, -0.05) is 20.8 Å². The molecule has 0 saturated carbocycles. The molecule has 0 aromatic heterocycles. The summed E-state index contributed by atoms with van der Waals surface area (Å²) in [4.78, 5) is 23.9. The fourth-order valence-electron chi connectivity index (χ4n) is 2.69. The predicted molar refractivity (Wildman–Crippen MR) is 93.7 cm³/mol. The smallest absolute Gasteiger partial charge is 0.225 e. The van der Waals surface area contributed by atoms with Gasteiger partial charge in [0.05, 0.1) is 17.2 Å². The molecule has 0 aromatic carbocycles. The van der Waals surface area contributed by atoms with Crippen molar-refractivity contribution >= 4 is 31.8 Å². The van der Waals surface area contributed by atoms with E-state index in [1.165, 1.54) is 0 Å². The minimum Gasteiger partial charge on any atom is -0.417 e. The van der Waals surface area contributed by atoms with E-state index >= 15 is 0 Å². The summed E-state index contributed by atoms with van der Waals surface area (Å²) in [6, 6.07) is 0.0216. The van der Waals surface area contributed by atoms with Crippen molar-refractivity contribution in [3.63, 3.8) is 0 Å². The first-order valence-corrected chi connectivity index (χ1v) is 12.2. The predicted octanol–water partition coefficient (Wildman–Crippen LogP) is 2.98. The summed E-state index contributed by atoms with van der Waals surface area (Å²) in [5.41, 5.74) is 0. The average molecular weight is 344 g/mol. The molecule has 2 rings (SSSR count). The van der Waals surface area contributed by atoms with Crippen LogP contribution in [0.3, 0.4) is 0 Å². The van der Waals surface area contributed by atoms with E-state index in [1.807, 2.05) is 0 Å². The van der Waals surface area contributed by atoms with Crippen molar-refractivity contribution in [1.29, 1.82) is 0 Å². The third-order valence-corrected chi connectivity index (χ3v) is 11.3. The molecule has 1 N–H and O–H groups in total. The van der Waals surface area contributed by atoms with E-state index in [0.717, 1.165) is 18.6 Å². The number of hydrogen-bond donors (Lipinski definition) is 1. The van der Waals surface area contributed by atoms with Gasteiger partial charge >= 0.3 is 0 Å². The maximum atomic E-state index is 12.0. The summed E-state index contributed by atoms with van der Waals surface area (Å²) < 4.78 is 6.18. The van der Waals surface area contributed by atoms with Crippen LogP contribution in [0, 0.1) is 5.92 Å². The second kappa shape index (κ2) is 6.65. The van der Waals surface area contributed by atoms with Gasteiger partial charge in [0.15, 0.2) is 8.32 Å². The van der Waals surface area contributed by atoms with Gasteiger partial charge in [-0.05, 0) is 36.7 Å². The van der Waals surface area contributed by atoms with Crippen LogP contribution in [0.4, 0.5) is 0 Å². The maximum Gasteiger partial charge on any atom is 0.225 e. The fraction of sp³-hybridized carbons (Fsp3) is 0.875. The lowest BCUT2D eigenvalue weighted by atomic mass is 9.83. The van der Waals surface area contributed by atoms with Gasteiger partial charge in [0.2, 0.25) is 5.91 Å². The summed E-state index contributed by atoms with van der Waals surface area (Å²) in [5.74, 6) is 1.36. The van der Waals surface area contributed by atoms with E-state index in [1.54, 1.807) is 11.8 Å². The number of rotatable bonds is 5. The van der Waals surface area contributed by atoms with E-state index in [-0.39, 0.29) is 28.2 Å². The molecule has 2 fully saturated rings. The highest BCUT2D eigenvalue weighted by atomic mass is 32.2. The summed E-state index contributed by atoms with van der Waals surface area (Å²) >= 11 is 1.71. The number of hydrogen-bond acceptors (Lipinski definition) is 4. The van der Waals surface area contributed by atoms with E-state index in [2.05, 4.69) is 39.2 Å². The average Bonchev–Trinajstić information content (AvgIpc) is 2.40. The van der Waals surface area contributed by atoms with E-state index < -0.39 is 8.32 Å².